The minimum absolute atomic E-state index is 0.133. The van der Waals surface area contributed by atoms with Crippen molar-refractivity contribution in [1.29, 1.82) is 0 Å². The van der Waals surface area contributed by atoms with E-state index >= 15 is 0 Å². The van der Waals surface area contributed by atoms with Crippen molar-refractivity contribution in [3.63, 3.8) is 0 Å². The van der Waals surface area contributed by atoms with Crippen LogP contribution < -0.4 is 0 Å². The van der Waals surface area contributed by atoms with Gasteiger partial charge in [-0.1, -0.05) is 165 Å². The van der Waals surface area contributed by atoms with Gasteiger partial charge in [-0.05, 0) is 75.2 Å². The summed E-state index contributed by atoms with van der Waals surface area (Å²) in [4.78, 5) is 2.42. The van der Waals surface area contributed by atoms with Crippen molar-refractivity contribution in [2.75, 3.05) is 6.61 Å². The second kappa shape index (κ2) is 20.4. The Hall–Kier alpha value is -5.21. The number of halogens is 1. The van der Waals surface area contributed by atoms with Gasteiger partial charge in [0.2, 0.25) is 0 Å². The maximum absolute atomic E-state index is 14.2. The van der Waals surface area contributed by atoms with Gasteiger partial charge in [0.15, 0.2) is 0 Å². The fourth-order valence-corrected chi connectivity index (χ4v) is 9.04. The molecule has 4 nitrogen and oxygen atoms in total. The van der Waals surface area contributed by atoms with Crippen LogP contribution in [0, 0.1) is 18.8 Å². The summed E-state index contributed by atoms with van der Waals surface area (Å²) in [6.45, 7) is 6.30. The third-order valence-corrected chi connectivity index (χ3v) is 12.5. The lowest BCUT2D eigenvalue weighted by atomic mass is 9.80. The van der Waals surface area contributed by atoms with E-state index in [0.29, 0.717) is 33.0 Å². The maximum Gasteiger partial charge on any atom is 0.125 e. The van der Waals surface area contributed by atoms with E-state index in [2.05, 4.69) is 91.9 Å². The molecule has 0 fully saturated rings. The Kier molecular flexibility index (Phi) is 14.1. The van der Waals surface area contributed by atoms with Crippen molar-refractivity contribution in [1.82, 2.24) is 0 Å². The normalized spacial score (nSPS) is 21.4. The molecule has 0 aliphatic heterocycles. The zero-order valence-corrected chi connectivity index (χ0v) is 35.2. The molecule has 6 atom stereocenters. The van der Waals surface area contributed by atoms with E-state index in [9.17, 15) is 4.39 Å². The van der Waals surface area contributed by atoms with Crippen LogP contribution in [0.5, 0.6) is 0 Å². The number of rotatable bonds is 17. The second-order valence-corrected chi connectivity index (χ2v) is 17.1. The standard InChI is InChI=1S/C54H53FO4S/c1-38-23-24-44(30-46(38)31-48-26-28-51(60-48)45-25-27-50(55)39(2)29-45)49-32-47(37-56-33-40-15-7-3-8-16-40)52(57-34-41-17-9-4-10-18-41)54(59-36-43-21-13-6-14-22-43)53(49)58-35-42-19-11-5-12-20-42/h3-30,32,39,47,50,52-54H,31,33-37H2,1-2H3. The van der Waals surface area contributed by atoms with Gasteiger partial charge in [0, 0.05) is 28.0 Å². The summed E-state index contributed by atoms with van der Waals surface area (Å²) < 4.78 is 41.9. The molecule has 5 aromatic carbocycles. The molecular formula is C54H53FO4S. The van der Waals surface area contributed by atoms with Gasteiger partial charge in [0.25, 0.3) is 0 Å². The van der Waals surface area contributed by atoms with Gasteiger partial charge in [-0.2, -0.15) is 0 Å². The molecule has 0 spiro atoms. The van der Waals surface area contributed by atoms with Crippen LogP contribution in [0.25, 0.3) is 11.1 Å². The summed E-state index contributed by atoms with van der Waals surface area (Å²) in [5.41, 5.74) is 10.1. The summed E-state index contributed by atoms with van der Waals surface area (Å²) >= 11 is 1.78. The molecule has 1 aromatic heterocycles. The predicted molar refractivity (Wildman–Crippen MR) is 242 cm³/mol. The molecule has 0 radical (unpaired) electrons. The number of allylic oxidation sites excluding steroid dienone is 4. The average molecular weight is 817 g/mol. The van der Waals surface area contributed by atoms with Gasteiger partial charge < -0.3 is 18.9 Å². The fraction of sp³-hybridized carbons (Fsp3) is 0.259. The van der Waals surface area contributed by atoms with Gasteiger partial charge in [0.1, 0.15) is 18.4 Å². The molecule has 6 aromatic rings. The molecule has 306 valence electrons. The Balaban J connectivity index is 1.16. The van der Waals surface area contributed by atoms with Crippen molar-refractivity contribution >= 4 is 22.5 Å². The summed E-state index contributed by atoms with van der Waals surface area (Å²) in [5, 5.41) is 0. The van der Waals surface area contributed by atoms with E-state index in [4.69, 9.17) is 18.9 Å². The van der Waals surface area contributed by atoms with Crippen LogP contribution in [0.1, 0.15) is 55.6 Å². The first-order valence-corrected chi connectivity index (χ1v) is 21.8. The Bertz CT molecular complexity index is 2350. The van der Waals surface area contributed by atoms with Crippen LogP contribution in [0.3, 0.4) is 0 Å². The van der Waals surface area contributed by atoms with E-state index in [0.717, 1.165) is 50.3 Å². The zero-order chi connectivity index (χ0) is 41.1. The molecular weight excluding hydrogens is 764 g/mol. The van der Waals surface area contributed by atoms with Crippen LogP contribution in [0.2, 0.25) is 0 Å². The quantitative estimate of drug-likeness (QED) is 0.0919. The molecule has 6 heteroatoms. The molecule has 1 heterocycles. The molecule has 60 heavy (non-hydrogen) atoms. The number of ether oxygens (including phenoxy) is 4. The van der Waals surface area contributed by atoms with Crippen LogP contribution in [-0.4, -0.2) is 31.1 Å². The van der Waals surface area contributed by atoms with Crippen molar-refractivity contribution in [2.45, 2.75) is 71.2 Å². The minimum atomic E-state index is -0.933. The first kappa shape index (κ1) is 41.5. The summed E-state index contributed by atoms with van der Waals surface area (Å²) in [7, 11) is 0. The lowest BCUT2D eigenvalue weighted by Crippen LogP contribution is -2.50. The second-order valence-electron chi connectivity index (χ2n) is 15.9. The lowest BCUT2D eigenvalue weighted by molar-refractivity contribution is -0.158. The van der Waals surface area contributed by atoms with Crippen molar-refractivity contribution < 1.29 is 23.3 Å². The van der Waals surface area contributed by atoms with E-state index in [1.165, 1.54) is 16.0 Å². The number of aryl methyl sites for hydroxylation is 1. The monoisotopic (exact) mass is 816 g/mol. The van der Waals surface area contributed by atoms with E-state index in [1.807, 2.05) is 91.9 Å². The highest BCUT2D eigenvalue weighted by Crippen LogP contribution is 2.39. The Morgan fingerprint density at radius 3 is 1.77 bits per heavy atom. The highest BCUT2D eigenvalue weighted by molar-refractivity contribution is 7.13. The van der Waals surface area contributed by atoms with E-state index in [1.54, 1.807) is 17.4 Å². The first-order chi connectivity index (χ1) is 29.5. The fourth-order valence-electron chi connectivity index (χ4n) is 8.01. The van der Waals surface area contributed by atoms with Gasteiger partial charge >= 0.3 is 0 Å². The van der Waals surface area contributed by atoms with Crippen LogP contribution in [0.4, 0.5) is 4.39 Å². The molecule has 6 unspecified atom stereocenters. The largest absolute Gasteiger partial charge is 0.376 e. The topological polar surface area (TPSA) is 36.9 Å². The van der Waals surface area contributed by atoms with Gasteiger partial charge in [-0.15, -0.1) is 11.3 Å². The van der Waals surface area contributed by atoms with Crippen LogP contribution >= 0.6 is 11.3 Å². The lowest BCUT2D eigenvalue weighted by Gasteiger charge is -2.42. The number of hydrogen-bond acceptors (Lipinski definition) is 5. The number of alkyl halides is 1. The molecule has 0 saturated heterocycles. The summed E-state index contributed by atoms with van der Waals surface area (Å²) in [6.07, 6.45) is 6.54. The third kappa shape index (κ3) is 10.7. The smallest absolute Gasteiger partial charge is 0.125 e. The van der Waals surface area contributed by atoms with Crippen molar-refractivity contribution in [3.8, 4) is 0 Å². The van der Waals surface area contributed by atoms with Crippen LogP contribution in [0.15, 0.2) is 176 Å². The number of hydrogen-bond donors (Lipinski definition) is 0. The number of thiophene rings is 1. The third-order valence-electron chi connectivity index (χ3n) is 11.4. The molecule has 2 aliphatic rings. The first-order valence-electron chi connectivity index (χ1n) is 21.0. The average Bonchev–Trinajstić information content (AvgIpc) is 3.76. The predicted octanol–water partition coefficient (Wildman–Crippen LogP) is 12.6. The summed E-state index contributed by atoms with van der Waals surface area (Å²) in [6, 6.07) is 52.4. The van der Waals surface area contributed by atoms with Crippen molar-refractivity contribution in [3.05, 3.63) is 225 Å². The van der Waals surface area contributed by atoms with E-state index < -0.39 is 18.4 Å². The van der Waals surface area contributed by atoms with Gasteiger partial charge in [-0.3, -0.25) is 0 Å². The highest BCUT2D eigenvalue weighted by Gasteiger charge is 2.43. The highest BCUT2D eigenvalue weighted by atomic mass is 32.1. The van der Waals surface area contributed by atoms with E-state index in [-0.39, 0.29) is 17.9 Å². The van der Waals surface area contributed by atoms with Gasteiger partial charge in [-0.25, -0.2) is 4.39 Å². The van der Waals surface area contributed by atoms with Crippen LogP contribution in [-0.2, 0) is 51.8 Å². The minimum Gasteiger partial charge on any atom is -0.376 e. The molecule has 0 bridgehead atoms. The zero-order valence-electron chi connectivity index (χ0n) is 34.4. The van der Waals surface area contributed by atoms with Crippen molar-refractivity contribution in [2.24, 2.45) is 11.8 Å². The molecule has 0 saturated carbocycles. The molecule has 2 aliphatic carbocycles. The SMILES string of the molecule is Cc1ccc(C2=CC(COCc3ccccc3)C(OCc3ccccc3)C(OCc3ccccc3)C2OCc2ccccc2)cc1Cc1ccc(C2=CC(C)C(F)C=C2)s1. The molecule has 8 rings (SSSR count). The number of benzene rings is 5. The Morgan fingerprint density at radius 2 is 1.17 bits per heavy atom. The molecule has 0 amide bonds. The Morgan fingerprint density at radius 1 is 0.600 bits per heavy atom. The van der Waals surface area contributed by atoms with Gasteiger partial charge in [0.05, 0.1) is 39.1 Å². The summed E-state index contributed by atoms with van der Waals surface area (Å²) in [5.74, 6) is -0.274. The maximum atomic E-state index is 14.2. The molecule has 0 N–H and O–H groups in total. The Labute approximate surface area is 358 Å².